The Bertz CT molecular complexity index is 373. The monoisotopic (exact) mass is 280 g/mol. The highest BCUT2D eigenvalue weighted by molar-refractivity contribution is 6.05. The molecule has 0 radical (unpaired) electrons. The van der Waals surface area contributed by atoms with E-state index in [1.165, 1.54) is 37.0 Å². The first-order valence-electron chi connectivity index (χ1n) is 8.05. The number of rotatable bonds is 6. The summed E-state index contributed by atoms with van der Waals surface area (Å²) < 4.78 is 0. The summed E-state index contributed by atoms with van der Waals surface area (Å²) in [5.41, 5.74) is 0.344. The van der Waals surface area contributed by atoms with E-state index in [2.05, 4.69) is 19.2 Å². The summed E-state index contributed by atoms with van der Waals surface area (Å²) in [6.07, 6.45) is 6.66. The van der Waals surface area contributed by atoms with Crippen molar-refractivity contribution in [3.8, 4) is 0 Å². The molecule has 0 aromatic rings. The van der Waals surface area contributed by atoms with Crippen LogP contribution < -0.4 is 5.32 Å². The van der Waals surface area contributed by atoms with E-state index in [4.69, 9.17) is 0 Å². The number of amides is 2. The van der Waals surface area contributed by atoms with Crippen LogP contribution in [-0.2, 0) is 9.59 Å². The Kier molecular flexibility index (Phi) is 4.84. The van der Waals surface area contributed by atoms with E-state index < -0.39 is 0 Å². The topological polar surface area (TPSA) is 49.4 Å². The van der Waals surface area contributed by atoms with Gasteiger partial charge in [0, 0.05) is 13.1 Å². The molecule has 4 heteroatoms. The van der Waals surface area contributed by atoms with Crippen LogP contribution in [0, 0.1) is 11.3 Å². The second-order valence-corrected chi connectivity index (χ2v) is 6.92. The van der Waals surface area contributed by atoms with Gasteiger partial charge in [-0.15, -0.1) is 0 Å². The van der Waals surface area contributed by atoms with Gasteiger partial charge in [0.05, 0.1) is 12.5 Å². The highest BCUT2D eigenvalue weighted by Gasteiger charge is 2.40. The molecule has 2 aliphatic rings. The molecular weight excluding hydrogens is 252 g/mol. The van der Waals surface area contributed by atoms with Crippen LogP contribution in [0.3, 0.4) is 0 Å². The maximum atomic E-state index is 12.1. The van der Waals surface area contributed by atoms with Gasteiger partial charge in [-0.05, 0) is 37.5 Å². The lowest BCUT2D eigenvalue weighted by atomic mass is 9.78. The van der Waals surface area contributed by atoms with E-state index >= 15 is 0 Å². The Labute approximate surface area is 122 Å². The van der Waals surface area contributed by atoms with Gasteiger partial charge in [0.1, 0.15) is 0 Å². The Morgan fingerprint density at radius 3 is 2.45 bits per heavy atom. The number of carbonyl (C=O) groups excluding carboxylic acids is 2. The molecule has 2 rings (SSSR count). The Morgan fingerprint density at radius 1 is 1.30 bits per heavy atom. The summed E-state index contributed by atoms with van der Waals surface area (Å²) in [5.74, 6) is 0.623. The molecule has 114 valence electrons. The fourth-order valence-electron chi connectivity index (χ4n) is 3.96. The highest BCUT2D eigenvalue weighted by atomic mass is 16.2. The zero-order valence-corrected chi connectivity index (χ0v) is 13.1. The van der Waals surface area contributed by atoms with Crippen molar-refractivity contribution in [1.82, 2.24) is 10.2 Å². The van der Waals surface area contributed by atoms with Crippen molar-refractivity contribution in [2.75, 3.05) is 13.1 Å². The van der Waals surface area contributed by atoms with Gasteiger partial charge in [-0.3, -0.25) is 14.5 Å². The molecule has 2 amide bonds. The van der Waals surface area contributed by atoms with Crippen molar-refractivity contribution in [3.05, 3.63) is 0 Å². The zero-order valence-electron chi connectivity index (χ0n) is 13.1. The van der Waals surface area contributed by atoms with Crippen molar-refractivity contribution in [2.24, 2.45) is 11.3 Å². The third kappa shape index (κ3) is 3.22. The predicted molar refractivity (Wildman–Crippen MR) is 79.2 cm³/mol. The number of likely N-dealkylation sites (N-methyl/N-ethyl adjacent to an activating group) is 1. The minimum Gasteiger partial charge on any atom is -0.305 e. The van der Waals surface area contributed by atoms with E-state index in [0.29, 0.717) is 24.3 Å². The SMILES string of the molecule is CCN1C(=O)CC(NCC2(CC(C)C)CCCC2)C1=O. The second kappa shape index (κ2) is 6.25. The number of likely N-dealkylation sites (tertiary alicyclic amines) is 1. The largest absolute Gasteiger partial charge is 0.305 e. The lowest BCUT2D eigenvalue weighted by Gasteiger charge is -2.32. The average molecular weight is 280 g/mol. The molecule has 1 saturated carbocycles. The molecular formula is C16H28N2O2. The fourth-order valence-corrected chi connectivity index (χ4v) is 3.96. The number of hydrogen-bond donors (Lipinski definition) is 1. The van der Waals surface area contributed by atoms with Crippen LogP contribution >= 0.6 is 0 Å². The first-order chi connectivity index (χ1) is 9.47. The fraction of sp³-hybridized carbons (Fsp3) is 0.875. The van der Waals surface area contributed by atoms with Crippen LogP contribution in [0.1, 0.15) is 59.3 Å². The molecule has 1 heterocycles. The molecule has 1 aliphatic carbocycles. The van der Waals surface area contributed by atoms with Crippen LogP contribution in [0.15, 0.2) is 0 Å². The third-order valence-electron chi connectivity index (χ3n) is 4.79. The minimum atomic E-state index is -0.285. The number of nitrogens with zero attached hydrogens (tertiary/aromatic N) is 1. The molecule has 20 heavy (non-hydrogen) atoms. The summed E-state index contributed by atoms with van der Waals surface area (Å²) in [5, 5.41) is 3.40. The van der Waals surface area contributed by atoms with Crippen LogP contribution in [0.2, 0.25) is 0 Å². The number of imide groups is 1. The molecule has 4 nitrogen and oxygen atoms in total. The van der Waals surface area contributed by atoms with Gasteiger partial charge < -0.3 is 5.32 Å². The Morgan fingerprint density at radius 2 is 1.95 bits per heavy atom. The number of carbonyl (C=O) groups is 2. The molecule has 1 unspecified atom stereocenters. The zero-order chi connectivity index (χ0) is 14.8. The summed E-state index contributed by atoms with van der Waals surface area (Å²) in [7, 11) is 0. The second-order valence-electron chi connectivity index (χ2n) is 6.92. The van der Waals surface area contributed by atoms with Crippen molar-refractivity contribution in [3.63, 3.8) is 0 Å². The summed E-state index contributed by atoms with van der Waals surface area (Å²) in [6, 6.07) is -0.285. The third-order valence-corrected chi connectivity index (χ3v) is 4.79. The summed E-state index contributed by atoms with van der Waals surface area (Å²) in [4.78, 5) is 25.2. The van der Waals surface area contributed by atoms with Gasteiger partial charge in [-0.1, -0.05) is 26.7 Å². The van der Waals surface area contributed by atoms with Crippen LogP contribution in [0.25, 0.3) is 0 Å². The van der Waals surface area contributed by atoms with E-state index in [1.54, 1.807) is 0 Å². The molecule has 0 spiro atoms. The maximum absolute atomic E-state index is 12.1. The van der Waals surface area contributed by atoms with E-state index in [9.17, 15) is 9.59 Å². The summed E-state index contributed by atoms with van der Waals surface area (Å²) >= 11 is 0. The van der Waals surface area contributed by atoms with Crippen molar-refractivity contribution < 1.29 is 9.59 Å². The lowest BCUT2D eigenvalue weighted by molar-refractivity contribution is -0.138. The number of hydrogen-bond acceptors (Lipinski definition) is 3. The summed E-state index contributed by atoms with van der Waals surface area (Å²) in [6.45, 7) is 7.76. The smallest absolute Gasteiger partial charge is 0.246 e. The predicted octanol–water partition coefficient (Wildman–Crippen LogP) is 2.33. The van der Waals surface area contributed by atoms with E-state index in [1.807, 2.05) is 6.92 Å². The molecule has 1 saturated heterocycles. The minimum absolute atomic E-state index is 0.0284. The standard InChI is InChI=1S/C16H28N2O2/c1-4-18-14(19)9-13(15(18)20)17-11-16(10-12(2)3)7-5-6-8-16/h12-13,17H,4-11H2,1-3H3. The van der Waals surface area contributed by atoms with Crippen molar-refractivity contribution in [2.45, 2.75) is 65.3 Å². The van der Waals surface area contributed by atoms with Gasteiger partial charge >= 0.3 is 0 Å². The van der Waals surface area contributed by atoms with E-state index in [0.717, 1.165) is 6.54 Å². The van der Waals surface area contributed by atoms with Gasteiger partial charge in [0.25, 0.3) is 0 Å². The molecule has 0 bridgehead atoms. The van der Waals surface area contributed by atoms with Crippen LogP contribution in [-0.4, -0.2) is 35.8 Å². The van der Waals surface area contributed by atoms with Gasteiger partial charge in [0.2, 0.25) is 11.8 Å². The van der Waals surface area contributed by atoms with Gasteiger partial charge in [-0.25, -0.2) is 0 Å². The number of nitrogens with one attached hydrogen (secondary N) is 1. The molecule has 1 atom stereocenters. The molecule has 1 aliphatic heterocycles. The van der Waals surface area contributed by atoms with Gasteiger partial charge in [-0.2, -0.15) is 0 Å². The van der Waals surface area contributed by atoms with Crippen molar-refractivity contribution in [1.29, 1.82) is 0 Å². The molecule has 1 N–H and O–H groups in total. The van der Waals surface area contributed by atoms with Gasteiger partial charge in [0.15, 0.2) is 0 Å². The maximum Gasteiger partial charge on any atom is 0.246 e. The normalized spacial score (nSPS) is 26.0. The lowest BCUT2D eigenvalue weighted by Crippen LogP contribution is -2.43. The van der Waals surface area contributed by atoms with E-state index in [-0.39, 0.29) is 17.9 Å². The molecule has 0 aromatic heterocycles. The first-order valence-corrected chi connectivity index (χ1v) is 8.05. The van der Waals surface area contributed by atoms with Crippen LogP contribution in [0.4, 0.5) is 0 Å². The Hall–Kier alpha value is -0.900. The van der Waals surface area contributed by atoms with Crippen LogP contribution in [0.5, 0.6) is 0 Å². The quantitative estimate of drug-likeness (QED) is 0.760. The first kappa shape index (κ1) is 15.5. The highest BCUT2D eigenvalue weighted by Crippen LogP contribution is 2.42. The van der Waals surface area contributed by atoms with Crippen molar-refractivity contribution >= 4 is 11.8 Å². The Balaban J connectivity index is 1.93. The average Bonchev–Trinajstić information content (AvgIpc) is 2.92. The molecule has 0 aromatic carbocycles. The molecule has 2 fully saturated rings.